The fraction of sp³-hybridized carbons (Fsp3) is 0.500. The molecule has 1 aromatic rings. The SMILES string of the molecule is NC(=O)CN(C(=O)c1cncc(Cl)n1)C1CCCC1. The van der Waals surface area contributed by atoms with Crippen molar-refractivity contribution in [3.8, 4) is 0 Å². The first kappa shape index (κ1) is 13.7. The fourth-order valence-corrected chi connectivity index (χ4v) is 2.49. The first-order valence-corrected chi connectivity index (χ1v) is 6.52. The molecule has 0 aliphatic heterocycles. The molecule has 1 aliphatic carbocycles. The lowest BCUT2D eigenvalue weighted by Crippen LogP contribution is -2.44. The van der Waals surface area contributed by atoms with Crippen molar-refractivity contribution < 1.29 is 9.59 Å². The molecule has 2 N–H and O–H groups in total. The van der Waals surface area contributed by atoms with Crippen LogP contribution in [0, 0.1) is 0 Å². The molecular formula is C12H15ClN4O2. The number of amides is 2. The number of carbonyl (C=O) groups is 2. The Balaban J connectivity index is 2.21. The number of nitrogens with zero attached hydrogens (tertiary/aromatic N) is 3. The highest BCUT2D eigenvalue weighted by molar-refractivity contribution is 6.29. The Morgan fingerprint density at radius 3 is 2.63 bits per heavy atom. The summed E-state index contributed by atoms with van der Waals surface area (Å²) in [5, 5.41) is 0.149. The molecule has 1 aliphatic rings. The van der Waals surface area contributed by atoms with E-state index in [9.17, 15) is 9.59 Å². The minimum Gasteiger partial charge on any atom is -0.368 e. The van der Waals surface area contributed by atoms with Crippen LogP contribution in [0.5, 0.6) is 0 Å². The van der Waals surface area contributed by atoms with Gasteiger partial charge in [0, 0.05) is 6.04 Å². The Labute approximate surface area is 116 Å². The van der Waals surface area contributed by atoms with Gasteiger partial charge in [0.2, 0.25) is 5.91 Å². The van der Waals surface area contributed by atoms with E-state index in [0.29, 0.717) is 0 Å². The molecule has 0 bridgehead atoms. The highest BCUT2D eigenvalue weighted by Gasteiger charge is 2.29. The number of halogens is 1. The topological polar surface area (TPSA) is 89.2 Å². The third kappa shape index (κ3) is 3.41. The predicted molar refractivity (Wildman–Crippen MR) is 69.5 cm³/mol. The molecule has 1 saturated carbocycles. The number of aromatic nitrogens is 2. The van der Waals surface area contributed by atoms with Crippen LogP contribution < -0.4 is 5.73 Å². The minimum atomic E-state index is -0.532. The summed E-state index contributed by atoms with van der Waals surface area (Å²) in [6, 6.07) is 0.0424. The molecule has 1 fully saturated rings. The third-order valence-electron chi connectivity index (χ3n) is 3.18. The van der Waals surface area contributed by atoms with Gasteiger partial charge in [-0.25, -0.2) is 4.98 Å². The van der Waals surface area contributed by atoms with Crippen LogP contribution in [0.15, 0.2) is 12.4 Å². The highest BCUT2D eigenvalue weighted by Crippen LogP contribution is 2.24. The molecule has 0 unspecified atom stereocenters. The van der Waals surface area contributed by atoms with Gasteiger partial charge < -0.3 is 10.6 Å². The van der Waals surface area contributed by atoms with Gasteiger partial charge in [0.05, 0.1) is 18.9 Å². The second-order valence-electron chi connectivity index (χ2n) is 4.56. The van der Waals surface area contributed by atoms with Gasteiger partial charge in [-0.2, -0.15) is 0 Å². The van der Waals surface area contributed by atoms with E-state index in [0.717, 1.165) is 25.7 Å². The second-order valence-corrected chi connectivity index (χ2v) is 4.95. The van der Waals surface area contributed by atoms with E-state index in [-0.39, 0.29) is 29.3 Å². The minimum absolute atomic E-state index is 0.0424. The first-order chi connectivity index (χ1) is 9.08. The Morgan fingerprint density at radius 2 is 2.05 bits per heavy atom. The zero-order chi connectivity index (χ0) is 13.8. The Hall–Kier alpha value is -1.69. The highest BCUT2D eigenvalue weighted by atomic mass is 35.5. The summed E-state index contributed by atoms with van der Waals surface area (Å²) in [4.78, 5) is 32.8. The van der Waals surface area contributed by atoms with Crippen molar-refractivity contribution in [2.24, 2.45) is 5.73 Å². The second kappa shape index (κ2) is 5.97. The molecule has 2 rings (SSSR count). The predicted octanol–water partition coefficient (Wildman–Crippen LogP) is 1.00. The zero-order valence-corrected chi connectivity index (χ0v) is 11.1. The first-order valence-electron chi connectivity index (χ1n) is 6.14. The Kier molecular flexibility index (Phi) is 4.31. The third-order valence-corrected chi connectivity index (χ3v) is 3.36. The van der Waals surface area contributed by atoms with Crippen LogP contribution >= 0.6 is 11.6 Å². The van der Waals surface area contributed by atoms with Crippen LogP contribution in [-0.4, -0.2) is 39.3 Å². The summed E-state index contributed by atoms with van der Waals surface area (Å²) < 4.78 is 0. The molecule has 1 heterocycles. The monoisotopic (exact) mass is 282 g/mol. The molecule has 0 saturated heterocycles. The van der Waals surface area contributed by atoms with E-state index in [2.05, 4.69) is 9.97 Å². The van der Waals surface area contributed by atoms with Crippen LogP contribution in [0.1, 0.15) is 36.2 Å². The van der Waals surface area contributed by atoms with Gasteiger partial charge in [-0.1, -0.05) is 24.4 Å². The average Bonchev–Trinajstić information content (AvgIpc) is 2.88. The number of rotatable bonds is 4. The standard InChI is InChI=1S/C12H15ClN4O2/c13-10-6-15-5-9(16-10)12(19)17(7-11(14)18)8-3-1-2-4-8/h5-6,8H,1-4,7H2,(H2,14,18). The maximum absolute atomic E-state index is 12.4. The number of hydrogen-bond acceptors (Lipinski definition) is 4. The van der Waals surface area contributed by atoms with Crippen molar-refractivity contribution in [2.45, 2.75) is 31.7 Å². The lowest BCUT2D eigenvalue weighted by atomic mass is 10.2. The maximum Gasteiger partial charge on any atom is 0.274 e. The van der Waals surface area contributed by atoms with E-state index in [4.69, 9.17) is 17.3 Å². The van der Waals surface area contributed by atoms with Crippen molar-refractivity contribution >= 4 is 23.4 Å². The molecule has 102 valence electrons. The van der Waals surface area contributed by atoms with Crippen molar-refractivity contribution in [1.29, 1.82) is 0 Å². The van der Waals surface area contributed by atoms with Crippen LogP contribution in [0.2, 0.25) is 5.15 Å². The van der Waals surface area contributed by atoms with Crippen LogP contribution in [0.25, 0.3) is 0 Å². The molecule has 19 heavy (non-hydrogen) atoms. The molecule has 6 nitrogen and oxygen atoms in total. The number of nitrogens with two attached hydrogens (primary N) is 1. The normalized spacial score (nSPS) is 15.4. The van der Waals surface area contributed by atoms with Gasteiger partial charge in [0.15, 0.2) is 0 Å². The molecule has 2 amide bonds. The number of primary amides is 1. The molecule has 7 heteroatoms. The van der Waals surface area contributed by atoms with Gasteiger partial charge in [-0.3, -0.25) is 14.6 Å². The van der Waals surface area contributed by atoms with E-state index in [1.165, 1.54) is 17.3 Å². The molecule has 0 radical (unpaired) electrons. The van der Waals surface area contributed by atoms with Crippen LogP contribution in [-0.2, 0) is 4.79 Å². The molecule has 0 aromatic carbocycles. The quantitative estimate of drug-likeness (QED) is 0.892. The van der Waals surface area contributed by atoms with Gasteiger partial charge in [0.25, 0.3) is 5.91 Å². The Bertz CT molecular complexity index is 488. The summed E-state index contributed by atoms with van der Waals surface area (Å²) in [5.74, 6) is -0.879. The van der Waals surface area contributed by atoms with E-state index < -0.39 is 5.91 Å². The summed E-state index contributed by atoms with van der Waals surface area (Å²) in [6.07, 6.45) is 6.56. The van der Waals surface area contributed by atoms with Crippen molar-refractivity contribution in [1.82, 2.24) is 14.9 Å². The maximum atomic E-state index is 12.4. The van der Waals surface area contributed by atoms with E-state index in [1.54, 1.807) is 0 Å². The van der Waals surface area contributed by atoms with Gasteiger partial charge in [-0.15, -0.1) is 0 Å². The molecule has 0 spiro atoms. The van der Waals surface area contributed by atoms with E-state index >= 15 is 0 Å². The van der Waals surface area contributed by atoms with Gasteiger partial charge in [0.1, 0.15) is 10.8 Å². The molecule has 0 atom stereocenters. The molecule has 1 aromatic heterocycles. The number of carbonyl (C=O) groups excluding carboxylic acids is 2. The fourth-order valence-electron chi connectivity index (χ4n) is 2.34. The summed E-state index contributed by atoms with van der Waals surface area (Å²) in [5.41, 5.74) is 5.35. The van der Waals surface area contributed by atoms with Crippen LogP contribution in [0.3, 0.4) is 0 Å². The summed E-state index contributed by atoms with van der Waals surface area (Å²) in [7, 11) is 0. The summed E-state index contributed by atoms with van der Waals surface area (Å²) in [6.45, 7) is -0.0995. The van der Waals surface area contributed by atoms with Crippen molar-refractivity contribution in [3.63, 3.8) is 0 Å². The lowest BCUT2D eigenvalue weighted by molar-refractivity contribution is -0.119. The van der Waals surface area contributed by atoms with Gasteiger partial charge in [-0.05, 0) is 12.8 Å². The van der Waals surface area contributed by atoms with Crippen molar-refractivity contribution in [2.75, 3.05) is 6.54 Å². The lowest BCUT2D eigenvalue weighted by Gasteiger charge is -2.27. The smallest absolute Gasteiger partial charge is 0.274 e. The number of hydrogen-bond donors (Lipinski definition) is 1. The van der Waals surface area contributed by atoms with Gasteiger partial charge >= 0.3 is 0 Å². The van der Waals surface area contributed by atoms with Crippen molar-refractivity contribution in [3.05, 3.63) is 23.2 Å². The Morgan fingerprint density at radius 1 is 1.37 bits per heavy atom. The summed E-state index contributed by atoms with van der Waals surface area (Å²) >= 11 is 5.72. The van der Waals surface area contributed by atoms with E-state index in [1.807, 2.05) is 0 Å². The molecular weight excluding hydrogens is 268 g/mol. The zero-order valence-electron chi connectivity index (χ0n) is 10.4. The largest absolute Gasteiger partial charge is 0.368 e. The average molecular weight is 283 g/mol. The van der Waals surface area contributed by atoms with Crippen LogP contribution in [0.4, 0.5) is 0 Å².